The first-order chi connectivity index (χ1) is 42.4. The van der Waals surface area contributed by atoms with Gasteiger partial charge in [-0.3, -0.25) is 39.9 Å². The Labute approximate surface area is 515 Å². The van der Waals surface area contributed by atoms with Gasteiger partial charge >= 0.3 is 17.1 Å². The zero-order chi connectivity index (χ0) is 58.3. The van der Waals surface area contributed by atoms with Crippen LogP contribution in [-0.4, -0.2) is 59.8 Å². The van der Waals surface area contributed by atoms with Gasteiger partial charge in [-0.1, -0.05) is 103 Å². The summed E-state index contributed by atoms with van der Waals surface area (Å²) in [6.07, 6.45) is 14.3. The molecule has 12 aromatic heterocycles. The van der Waals surface area contributed by atoms with Crippen molar-refractivity contribution in [2.24, 2.45) is 0 Å². The van der Waals surface area contributed by atoms with E-state index in [1.165, 1.54) is 5.56 Å². The monoisotopic (exact) mass is 1170 g/mol. The molecule has 0 aliphatic rings. The van der Waals surface area contributed by atoms with Crippen LogP contribution in [0.15, 0.2) is 292 Å². The first-order valence-electron chi connectivity index (χ1n) is 28.0. The smallest absolute Gasteiger partial charge is 0.255 e. The summed E-state index contributed by atoms with van der Waals surface area (Å²) in [4.78, 5) is 55.0. The maximum atomic E-state index is 4.90. The summed E-state index contributed by atoms with van der Waals surface area (Å²) in [6, 6.07) is 80.4. The Bertz CT molecular complexity index is 4110. The molecule has 0 amide bonds. The van der Waals surface area contributed by atoms with Crippen LogP contribution in [0.25, 0.3) is 124 Å². The van der Waals surface area contributed by atoms with Crippen molar-refractivity contribution in [3.63, 3.8) is 0 Å². The number of nitrogens with zero attached hydrogens (tertiary/aromatic N) is 12. The molecule has 12 heterocycles. The van der Waals surface area contributed by atoms with E-state index in [1.807, 2.05) is 158 Å². The molecule has 14 aromatic rings. The van der Waals surface area contributed by atoms with Crippen molar-refractivity contribution in [3.05, 3.63) is 303 Å². The first kappa shape index (κ1) is 57.6. The number of hydrogen-bond donors (Lipinski definition) is 0. The van der Waals surface area contributed by atoms with Crippen LogP contribution in [0.4, 0.5) is 0 Å². The Morgan fingerprint density at radius 3 is 0.540 bits per heavy atom. The predicted octanol–water partition coefficient (Wildman–Crippen LogP) is 16.8. The minimum Gasteiger partial charge on any atom is -0.255 e. The molecule has 0 spiro atoms. The Morgan fingerprint density at radius 2 is 0.356 bits per heavy atom. The molecule has 0 unspecified atom stereocenters. The number of hydrogen-bond acceptors (Lipinski definition) is 12. The minimum atomic E-state index is 0. The summed E-state index contributed by atoms with van der Waals surface area (Å²) >= 11 is 0. The van der Waals surface area contributed by atoms with Crippen LogP contribution in [0, 0.1) is 13.8 Å². The van der Waals surface area contributed by atoms with Crippen LogP contribution in [0.3, 0.4) is 0 Å². The maximum absolute atomic E-state index is 4.90. The molecule has 0 aliphatic heterocycles. The number of aryl methyl sites for hydroxylation is 2. The normalized spacial score (nSPS) is 10.6. The zero-order valence-electron chi connectivity index (χ0n) is 47.4. The number of pyridine rings is 12. The van der Waals surface area contributed by atoms with Gasteiger partial charge in [0.25, 0.3) is 0 Å². The van der Waals surface area contributed by atoms with Gasteiger partial charge in [-0.2, -0.15) is 0 Å². The fraction of sp³-hybridized carbons (Fsp3) is 0.0270. The van der Waals surface area contributed by atoms with Gasteiger partial charge in [0.1, 0.15) is 0 Å². The van der Waals surface area contributed by atoms with Gasteiger partial charge in [0.05, 0.1) is 91.1 Å². The Morgan fingerprint density at radius 1 is 0.172 bits per heavy atom. The first-order valence-corrected chi connectivity index (χ1v) is 28.0. The third-order valence-electron chi connectivity index (χ3n) is 13.8. The number of benzene rings is 2. The predicted molar refractivity (Wildman–Crippen MR) is 342 cm³/mol. The molecular weight excluding hydrogens is 1110 g/mol. The maximum Gasteiger partial charge on any atom is 2.00 e. The van der Waals surface area contributed by atoms with Crippen molar-refractivity contribution < 1.29 is 17.1 Å². The van der Waals surface area contributed by atoms with Crippen LogP contribution >= 0.6 is 0 Å². The van der Waals surface area contributed by atoms with E-state index in [-0.39, 0.29) is 17.1 Å². The van der Waals surface area contributed by atoms with Crippen molar-refractivity contribution in [2.75, 3.05) is 0 Å². The fourth-order valence-electron chi connectivity index (χ4n) is 9.52. The van der Waals surface area contributed by atoms with E-state index < -0.39 is 0 Å². The molecule has 0 aliphatic carbocycles. The van der Waals surface area contributed by atoms with Crippen molar-refractivity contribution in [1.82, 2.24) is 59.8 Å². The topological polar surface area (TPSA) is 155 Å². The molecule has 0 N–H and O–H groups in total. The summed E-state index contributed by atoms with van der Waals surface area (Å²) in [6.45, 7) is 4.15. The van der Waals surface area contributed by atoms with Crippen molar-refractivity contribution in [3.8, 4) is 124 Å². The van der Waals surface area contributed by atoms with Crippen molar-refractivity contribution >= 4 is 0 Å². The molecule has 0 bridgehead atoms. The molecule has 13 heteroatoms. The Balaban J connectivity index is 0.000000148. The second-order valence-corrected chi connectivity index (χ2v) is 20.0. The van der Waals surface area contributed by atoms with Crippen LogP contribution in [0.1, 0.15) is 11.1 Å². The molecule has 0 saturated carbocycles. The molecule has 12 nitrogen and oxygen atoms in total. The summed E-state index contributed by atoms with van der Waals surface area (Å²) in [7, 11) is 0. The van der Waals surface area contributed by atoms with E-state index in [0.29, 0.717) is 0 Å². The van der Waals surface area contributed by atoms with Gasteiger partial charge in [0.15, 0.2) is 0 Å². The zero-order valence-corrected chi connectivity index (χ0v) is 48.5. The standard InChI is InChI=1S/C36H24N6.C22H17N3.C16H13N3.Fe/c1-5-17-37-29(9-1)33-21-27(22-34(41-33)30-10-2-6-18-38-30)25-13-15-26(16-14-25)28-23-35(31-11-3-7-19-39-31)42-36(24-28)32-12-4-8-20-40-32;1-16-8-10-17(11-9-16)18-14-21(19-6-2-4-12-23-19)25-22(15-18)20-7-3-5-13-24-20;1-12-10-15(13-6-2-4-8-17-13)19-16(11-12)14-7-3-5-9-18-14;/h1-24H;2-15H,1H3;2-11H,1H3;/q;;;+2. The summed E-state index contributed by atoms with van der Waals surface area (Å²) in [5.41, 5.74) is 22.2. The quantitative estimate of drug-likeness (QED) is 0.113. The van der Waals surface area contributed by atoms with E-state index >= 15 is 0 Å². The molecule has 87 heavy (non-hydrogen) atoms. The van der Waals surface area contributed by atoms with Crippen molar-refractivity contribution in [1.29, 1.82) is 0 Å². The van der Waals surface area contributed by atoms with Gasteiger partial charge < -0.3 is 0 Å². The van der Waals surface area contributed by atoms with E-state index in [1.54, 1.807) is 49.6 Å². The van der Waals surface area contributed by atoms with Crippen LogP contribution in [0.5, 0.6) is 0 Å². The largest absolute Gasteiger partial charge is 2.00 e. The third-order valence-corrected chi connectivity index (χ3v) is 13.8. The molecular formula is C74H54FeN12+2. The number of rotatable bonds is 11. The van der Waals surface area contributed by atoms with E-state index in [2.05, 4.69) is 144 Å². The number of aromatic nitrogens is 12. The minimum absolute atomic E-state index is 0. The van der Waals surface area contributed by atoms with E-state index in [4.69, 9.17) is 15.0 Å². The Hall–Kier alpha value is -11.2. The van der Waals surface area contributed by atoms with E-state index in [0.717, 1.165) is 130 Å². The fourth-order valence-corrected chi connectivity index (χ4v) is 9.52. The molecule has 416 valence electrons. The third kappa shape index (κ3) is 14.6. The second kappa shape index (κ2) is 27.9. The van der Waals surface area contributed by atoms with Crippen LogP contribution in [-0.2, 0) is 17.1 Å². The molecule has 0 saturated heterocycles. The molecule has 0 radical (unpaired) electrons. The summed E-state index contributed by atoms with van der Waals surface area (Å²) in [5.74, 6) is 0. The molecule has 0 fully saturated rings. The Kier molecular flexibility index (Phi) is 18.5. The summed E-state index contributed by atoms with van der Waals surface area (Å²) in [5, 5.41) is 0. The molecule has 0 atom stereocenters. The van der Waals surface area contributed by atoms with E-state index in [9.17, 15) is 0 Å². The van der Waals surface area contributed by atoms with Crippen molar-refractivity contribution in [2.45, 2.75) is 13.8 Å². The molecule has 14 rings (SSSR count). The van der Waals surface area contributed by atoms with Gasteiger partial charge in [-0.25, -0.2) is 19.9 Å². The van der Waals surface area contributed by atoms with Gasteiger partial charge in [-0.05, 0) is 198 Å². The van der Waals surface area contributed by atoms with Crippen LogP contribution < -0.4 is 0 Å². The SMILES string of the molecule is Cc1cc(-c2ccccn2)nc(-c2ccccn2)c1.Cc1ccc(-c2cc(-c3ccccn3)nc(-c3ccccn3)c2)cc1.[Fe+2].c1ccc(-c2cc(-c3ccc(-c4cc(-c5ccccn5)nc(-c5ccccn5)c4)cc3)cc(-c3ccccn3)n2)nc1. The molecule has 2 aromatic carbocycles. The van der Waals surface area contributed by atoms with Gasteiger partial charge in [0, 0.05) is 49.6 Å². The second-order valence-electron chi connectivity index (χ2n) is 20.0. The average Bonchev–Trinajstić information content (AvgIpc) is 3.64. The van der Waals surface area contributed by atoms with Gasteiger partial charge in [-0.15, -0.1) is 0 Å². The van der Waals surface area contributed by atoms with Crippen LogP contribution in [0.2, 0.25) is 0 Å². The average molecular weight is 1170 g/mol. The summed E-state index contributed by atoms with van der Waals surface area (Å²) < 4.78 is 0. The van der Waals surface area contributed by atoms with Gasteiger partial charge in [0.2, 0.25) is 0 Å².